The summed E-state index contributed by atoms with van der Waals surface area (Å²) in [5.74, 6) is 2.91. The van der Waals surface area contributed by atoms with E-state index in [0.29, 0.717) is 17.3 Å². The third-order valence-corrected chi connectivity index (χ3v) is 5.79. The highest BCUT2D eigenvalue weighted by molar-refractivity contribution is 6.02. The van der Waals surface area contributed by atoms with E-state index in [0.717, 1.165) is 36.4 Å². The molecule has 4 heterocycles. The van der Waals surface area contributed by atoms with Crippen LogP contribution in [0.1, 0.15) is 41.9 Å². The van der Waals surface area contributed by atoms with Crippen LogP contribution >= 0.6 is 0 Å². The molecule has 9 nitrogen and oxygen atoms in total. The minimum absolute atomic E-state index is 0.243. The number of aryl methyl sites for hydroxylation is 1. The van der Waals surface area contributed by atoms with Crippen molar-refractivity contribution in [1.82, 2.24) is 24.3 Å². The minimum Gasteiger partial charge on any atom is -0.478 e. The number of fused-ring (bicyclic) bond motifs is 1. The maximum absolute atomic E-state index is 12.6. The van der Waals surface area contributed by atoms with Gasteiger partial charge in [-0.15, -0.1) is 0 Å². The normalized spacial score (nSPS) is 16.5. The molecule has 1 N–H and O–H groups in total. The molecule has 1 aliphatic carbocycles. The summed E-state index contributed by atoms with van der Waals surface area (Å²) in [5, 5.41) is 2.76. The zero-order valence-corrected chi connectivity index (χ0v) is 17.2. The summed E-state index contributed by atoms with van der Waals surface area (Å²) in [6, 6.07) is 0. The molecule has 2 fully saturated rings. The lowest BCUT2D eigenvalue weighted by Gasteiger charge is -2.40. The van der Waals surface area contributed by atoms with Crippen LogP contribution in [0.3, 0.4) is 0 Å². The van der Waals surface area contributed by atoms with Gasteiger partial charge in [0.1, 0.15) is 11.5 Å². The number of nitrogens with zero attached hydrogens (tertiary/aromatic N) is 6. The van der Waals surface area contributed by atoms with E-state index in [4.69, 9.17) is 4.74 Å². The number of ether oxygens (including phenoxy) is 1. The SMILES string of the molecule is COc1nc(NC(=O)c2cnc(N3CC(CCC4CC4)C3)cn2)cn2cc(C)nc12. The topological polar surface area (TPSA) is 97.5 Å². The van der Waals surface area contributed by atoms with Gasteiger partial charge in [-0.25, -0.2) is 15.0 Å². The van der Waals surface area contributed by atoms with Crippen molar-refractivity contribution in [2.24, 2.45) is 11.8 Å². The molecule has 30 heavy (non-hydrogen) atoms. The van der Waals surface area contributed by atoms with Gasteiger partial charge in [0.25, 0.3) is 11.8 Å². The highest BCUT2D eigenvalue weighted by Gasteiger charge is 2.30. The van der Waals surface area contributed by atoms with Crippen LogP contribution in [-0.4, -0.2) is 50.4 Å². The molecule has 0 aromatic carbocycles. The van der Waals surface area contributed by atoms with Gasteiger partial charge in [-0.3, -0.25) is 9.20 Å². The van der Waals surface area contributed by atoms with Crippen molar-refractivity contribution in [2.75, 3.05) is 30.4 Å². The van der Waals surface area contributed by atoms with E-state index in [1.165, 1.54) is 39.0 Å². The Morgan fingerprint density at radius 2 is 1.93 bits per heavy atom. The predicted octanol–water partition coefficient (Wildman–Crippen LogP) is 2.72. The highest BCUT2D eigenvalue weighted by atomic mass is 16.5. The van der Waals surface area contributed by atoms with Crippen molar-refractivity contribution < 1.29 is 9.53 Å². The smallest absolute Gasteiger partial charge is 0.277 e. The van der Waals surface area contributed by atoms with Crippen molar-refractivity contribution in [3.63, 3.8) is 0 Å². The molecule has 3 aromatic heterocycles. The van der Waals surface area contributed by atoms with Crippen LogP contribution in [0, 0.1) is 18.8 Å². The number of nitrogens with one attached hydrogen (secondary N) is 1. The minimum atomic E-state index is -0.370. The fraction of sp³-hybridized carbons (Fsp3) is 0.476. The zero-order valence-electron chi connectivity index (χ0n) is 17.2. The largest absolute Gasteiger partial charge is 0.478 e. The summed E-state index contributed by atoms with van der Waals surface area (Å²) in [4.78, 5) is 32.2. The van der Waals surface area contributed by atoms with Gasteiger partial charge in [-0.05, 0) is 25.2 Å². The zero-order chi connectivity index (χ0) is 20.7. The number of methoxy groups -OCH3 is 1. The highest BCUT2D eigenvalue weighted by Crippen LogP contribution is 2.36. The molecule has 0 unspecified atom stereocenters. The first-order valence-corrected chi connectivity index (χ1v) is 10.4. The van der Waals surface area contributed by atoms with Gasteiger partial charge in [-0.1, -0.05) is 19.3 Å². The molecule has 3 aromatic rings. The molecule has 0 bridgehead atoms. The Labute approximate surface area is 174 Å². The first-order chi connectivity index (χ1) is 14.6. The van der Waals surface area contributed by atoms with E-state index in [1.807, 2.05) is 13.1 Å². The number of aromatic nitrogens is 5. The second kappa shape index (κ2) is 7.55. The van der Waals surface area contributed by atoms with Crippen LogP contribution in [-0.2, 0) is 0 Å². The molecule has 0 atom stereocenters. The maximum Gasteiger partial charge on any atom is 0.277 e. The van der Waals surface area contributed by atoms with Crippen LogP contribution in [0.5, 0.6) is 5.88 Å². The van der Waals surface area contributed by atoms with Crippen LogP contribution in [0.15, 0.2) is 24.8 Å². The van der Waals surface area contributed by atoms with Crippen LogP contribution in [0.4, 0.5) is 11.6 Å². The maximum atomic E-state index is 12.6. The number of imidazole rings is 1. The molecule has 5 rings (SSSR count). The Bertz CT molecular complexity index is 1070. The van der Waals surface area contributed by atoms with E-state index in [9.17, 15) is 4.79 Å². The predicted molar refractivity (Wildman–Crippen MR) is 112 cm³/mol. The van der Waals surface area contributed by atoms with Gasteiger partial charge in [0.15, 0.2) is 5.82 Å². The molecular weight excluding hydrogens is 382 g/mol. The van der Waals surface area contributed by atoms with E-state index >= 15 is 0 Å². The van der Waals surface area contributed by atoms with Gasteiger partial charge < -0.3 is 15.0 Å². The van der Waals surface area contributed by atoms with Crippen LogP contribution in [0.2, 0.25) is 0 Å². The Kier molecular flexibility index (Phi) is 4.72. The van der Waals surface area contributed by atoms with E-state index < -0.39 is 0 Å². The molecule has 0 spiro atoms. The first-order valence-electron chi connectivity index (χ1n) is 10.4. The quantitative estimate of drug-likeness (QED) is 0.643. The number of hydrogen-bond acceptors (Lipinski definition) is 7. The fourth-order valence-corrected chi connectivity index (χ4v) is 3.89. The summed E-state index contributed by atoms with van der Waals surface area (Å²) in [6.45, 7) is 3.94. The molecule has 9 heteroatoms. The lowest BCUT2D eigenvalue weighted by molar-refractivity contribution is 0.102. The summed E-state index contributed by atoms with van der Waals surface area (Å²) >= 11 is 0. The van der Waals surface area contributed by atoms with Crippen LogP contribution < -0.4 is 15.0 Å². The van der Waals surface area contributed by atoms with Crippen LogP contribution in [0.25, 0.3) is 5.65 Å². The van der Waals surface area contributed by atoms with Gasteiger partial charge in [-0.2, -0.15) is 4.98 Å². The fourth-order valence-electron chi connectivity index (χ4n) is 3.89. The van der Waals surface area contributed by atoms with Gasteiger partial charge >= 0.3 is 0 Å². The third kappa shape index (κ3) is 3.79. The van der Waals surface area contributed by atoms with E-state index in [2.05, 4.69) is 30.2 Å². The first kappa shape index (κ1) is 18.8. The monoisotopic (exact) mass is 407 g/mol. The Morgan fingerprint density at radius 1 is 1.13 bits per heavy atom. The van der Waals surface area contributed by atoms with Crippen molar-refractivity contribution in [1.29, 1.82) is 0 Å². The van der Waals surface area contributed by atoms with Gasteiger partial charge in [0.05, 0.1) is 31.4 Å². The number of carbonyl (C=O) groups is 1. The summed E-state index contributed by atoms with van der Waals surface area (Å²) in [6.07, 6.45) is 12.2. The van der Waals surface area contributed by atoms with Gasteiger partial charge in [0.2, 0.25) is 5.65 Å². The molecule has 1 saturated carbocycles. The average Bonchev–Trinajstić information content (AvgIpc) is 3.46. The molecule has 1 aliphatic heterocycles. The Balaban J connectivity index is 1.22. The number of anilines is 2. The van der Waals surface area contributed by atoms with E-state index in [1.54, 1.807) is 16.8 Å². The number of carbonyl (C=O) groups excluding carboxylic acids is 1. The number of amides is 1. The van der Waals surface area contributed by atoms with Gasteiger partial charge in [0, 0.05) is 19.3 Å². The second-order valence-electron chi connectivity index (χ2n) is 8.25. The lowest BCUT2D eigenvalue weighted by Crippen LogP contribution is -2.47. The van der Waals surface area contributed by atoms with Crippen molar-refractivity contribution in [3.8, 4) is 5.88 Å². The molecule has 2 aliphatic rings. The summed E-state index contributed by atoms with van der Waals surface area (Å²) in [7, 11) is 1.52. The lowest BCUT2D eigenvalue weighted by atomic mass is 9.93. The standard InChI is InChI=1S/C21H25N7O2/c1-13-9-28-12-17(26-21(30-2)19(28)24-13)25-20(29)16-7-23-18(8-22-16)27-10-15(11-27)6-5-14-3-4-14/h7-9,12,14-15H,3-6,10-11H2,1-2H3,(H,25,29). The summed E-state index contributed by atoms with van der Waals surface area (Å²) in [5.41, 5.74) is 1.68. The molecular formula is C21H25N7O2. The third-order valence-electron chi connectivity index (χ3n) is 5.79. The summed E-state index contributed by atoms with van der Waals surface area (Å²) < 4.78 is 7.07. The Hall–Kier alpha value is -3.23. The number of hydrogen-bond donors (Lipinski definition) is 1. The number of rotatable bonds is 7. The van der Waals surface area contributed by atoms with E-state index in [-0.39, 0.29) is 11.6 Å². The van der Waals surface area contributed by atoms with Crippen molar-refractivity contribution >= 4 is 23.2 Å². The average molecular weight is 407 g/mol. The van der Waals surface area contributed by atoms with Crippen molar-refractivity contribution in [3.05, 3.63) is 36.2 Å². The molecule has 0 radical (unpaired) electrons. The molecule has 1 saturated heterocycles. The Morgan fingerprint density at radius 3 is 2.63 bits per heavy atom. The molecule has 156 valence electrons. The second-order valence-corrected chi connectivity index (χ2v) is 8.25. The van der Waals surface area contributed by atoms with Crippen molar-refractivity contribution in [2.45, 2.75) is 32.6 Å². The molecule has 1 amide bonds.